The summed E-state index contributed by atoms with van der Waals surface area (Å²) in [5.41, 5.74) is 3.56. The fourth-order valence-corrected chi connectivity index (χ4v) is 5.38. The van der Waals surface area contributed by atoms with Gasteiger partial charge in [-0.15, -0.1) is 0 Å². The standard InChI is InChI=1S/C20H32O.C2H6/c1-15(11-14-21)7-9-17-16(2)8-10-18-19(3,4)12-6-13-20(17,18)5;1-2/h11,14,17-18H,2,6-10,12-13H2,1,3-5H3;1-2H3/b15-11-;. The first-order valence-corrected chi connectivity index (χ1v) is 9.60. The van der Waals surface area contributed by atoms with Crippen molar-refractivity contribution in [3.05, 3.63) is 23.8 Å². The molecule has 1 heteroatoms. The topological polar surface area (TPSA) is 17.1 Å². The zero-order valence-corrected chi connectivity index (χ0v) is 16.4. The number of fused-ring (bicyclic) bond motifs is 1. The molecule has 2 aliphatic carbocycles. The molecule has 0 aliphatic heterocycles. The Hall–Kier alpha value is -0.850. The second-order valence-electron chi connectivity index (χ2n) is 8.34. The maximum atomic E-state index is 10.6. The van der Waals surface area contributed by atoms with Gasteiger partial charge in [-0.1, -0.05) is 58.8 Å². The van der Waals surface area contributed by atoms with E-state index in [1.54, 1.807) is 6.08 Å². The van der Waals surface area contributed by atoms with Crippen LogP contribution in [0.1, 0.15) is 86.5 Å². The first-order valence-electron chi connectivity index (χ1n) is 9.60. The molecule has 0 bridgehead atoms. The Morgan fingerprint density at radius 2 is 1.91 bits per heavy atom. The van der Waals surface area contributed by atoms with Crippen molar-refractivity contribution in [3.63, 3.8) is 0 Å². The Bertz CT molecular complexity index is 443. The molecule has 0 aromatic rings. The van der Waals surface area contributed by atoms with Gasteiger partial charge in [-0.3, -0.25) is 4.79 Å². The molecule has 3 atom stereocenters. The van der Waals surface area contributed by atoms with Crippen LogP contribution in [0.4, 0.5) is 0 Å². The van der Waals surface area contributed by atoms with E-state index in [9.17, 15) is 4.79 Å². The molecule has 0 aromatic heterocycles. The lowest BCUT2D eigenvalue weighted by molar-refractivity contribution is -0.104. The molecule has 2 rings (SSSR count). The third-order valence-corrected chi connectivity index (χ3v) is 6.50. The van der Waals surface area contributed by atoms with E-state index in [1.807, 2.05) is 13.8 Å². The summed E-state index contributed by atoms with van der Waals surface area (Å²) in [4.78, 5) is 10.6. The van der Waals surface area contributed by atoms with E-state index < -0.39 is 0 Å². The van der Waals surface area contributed by atoms with E-state index in [-0.39, 0.29) is 0 Å². The van der Waals surface area contributed by atoms with Crippen molar-refractivity contribution in [1.82, 2.24) is 0 Å². The molecular formula is C22H38O. The summed E-state index contributed by atoms with van der Waals surface area (Å²) in [6, 6.07) is 0. The summed E-state index contributed by atoms with van der Waals surface area (Å²) < 4.78 is 0. The lowest BCUT2D eigenvalue weighted by Gasteiger charge is -2.58. The molecule has 3 unspecified atom stereocenters. The highest BCUT2D eigenvalue weighted by Gasteiger charge is 2.52. The number of rotatable bonds is 4. The molecule has 23 heavy (non-hydrogen) atoms. The van der Waals surface area contributed by atoms with Gasteiger partial charge in [0, 0.05) is 0 Å². The van der Waals surface area contributed by atoms with Gasteiger partial charge in [0.05, 0.1) is 0 Å². The Morgan fingerprint density at radius 1 is 1.26 bits per heavy atom. The second-order valence-corrected chi connectivity index (χ2v) is 8.34. The van der Waals surface area contributed by atoms with Gasteiger partial charge in [0.15, 0.2) is 0 Å². The van der Waals surface area contributed by atoms with Crippen molar-refractivity contribution >= 4 is 6.29 Å². The van der Waals surface area contributed by atoms with Crippen LogP contribution in [0.5, 0.6) is 0 Å². The summed E-state index contributed by atoms with van der Waals surface area (Å²) in [5, 5.41) is 0. The number of carbonyl (C=O) groups is 1. The predicted octanol–water partition coefficient (Wildman–Crippen LogP) is 6.74. The fraction of sp³-hybridized carbons (Fsp3) is 0.773. The van der Waals surface area contributed by atoms with Crippen LogP contribution in [0.2, 0.25) is 0 Å². The fourth-order valence-electron chi connectivity index (χ4n) is 5.38. The average molecular weight is 319 g/mol. The highest BCUT2D eigenvalue weighted by molar-refractivity contribution is 5.65. The van der Waals surface area contributed by atoms with Gasteiger partial charge < -0.3 is 0 Å². The number of hydrogen-bond donors (Lipinski definition) is 0. The Morgan fingerprint density at radius 3 is 2.52 bits per heavy atom. The van der Waals surface area contributed by atoms with Gasteiger partial charge in [0.2, 0.25) is 0 Å². The van der Waals surface area contributed by atoms with Gasteiger partial charge in [0.25, 0.3) is 0 Å². The van der Waals surface area contributed by atoms with Crippen molar-refractivity contribution < 1.29 is 4.79 Å². The first-order chi connectivity index (χ1) is 10.8. The predicted molar refractivity (Wildman–Crippen MR) is 101 cm³/mol. The van der Waals surface area contributed by atoms with Crippen LogP contribution in [0, 0.1) is 22.7 Å². The van der Waals surface area contributed by atoms with Crippen LogP contribution in [0.15, 0.2) is 23.8 Å². The van der Waals surface area contributed by atoms with Crippen LogP contribution in [-0.2, 0) is 4.79 Å². The zero-order chi connectivity index (χ0) is 17.7. The van der Waals surface area contributed by atoms with Gasteiger partial charge in [-0.25, -0.2) is 0 Å². The monoisotopic (exact) mass is 318 g/mol. The smallest absolute Gasteiger partial charge is 0.142 e. The maximum Gasteiger partial charge on any atom is 0.142 e. The van der Waals surface area contributed by atoms with Crippen molar-refractivity contribution in [1.29, 1.82) is 0 Å². The molecule has 2 aliphatic rings. The van der Waals surface area contributed by atoms with Crippen molar-refractivity contribution in [2.45, 2.75) is 86.5 Å². The van der Waals surface area contributed by atoms with E-state index in [1.165, 1.54) is 43.3 Å². The van der Waals surface area contributed by atoms with E-state index >= 15 is 0 Å². The number of carbonyl (C=O) groups excluding carboxylic acids is 1. The van der Waals surface area contributed by atoms with Gasteiger partial charge in [-0.05, 0) is 74.2 Å². The molecule has 1 nitrogen and oxygen atoms in total. The maximum absolute atomic E-state index is 10.6. The van der Waals surface area contributed by atoms with Crippen LogP contribution < -0.4 is 0 Å². The quantitative estimate of drug-likeness (QED) is 0.319. The average Bonchev–Trinajstić information content (AvgIpc) is 2.48. The molecule has 2 saturated carbocycles. The van der Waals surface area contributed by atoms with Crippen molar-refractivity contribution in [2.75, 3.05) is 0 Å². The van der Waals surface area contributed by atoms with E-state index in [0.717, 1.165) is 25.0 Å². The number of hydrogen-bond acceptors (Lipinski definition) is 1. The summed E-state index contributed by atoms with van der Waals surface area (Å²) >= 11 is 0. The van der Waals surface area contributed by atoms with Crippen LogP contribution in [-0.4, -0.2) is 6.29 Å². The molecule has 2 fully saturated rings. The molecule has 0 aromatic carbocycles. The Kier molecular flexibility index (Phi) is 7.29. The number of allylic oxidation sites excluding steroid dienone is 3. The lowest BCUT2D eigenvalue weighted by atomic mass is 9.47. The highest BCUT2D eigenvalue weighted by atomic mass is 16.1. The van der Waals surface area contributed by atoms with Crippen LogP contribution in [0.25, 0.3) is 0 Å². The normalized spacial score (nSPS) is 33.3. The van der Waals surface area contributed by atoms with Crippen LogP contribution >= 0.6 is 0 Å². The minimum Gasteiger partial charge on any atom is -0.299 e. The molecule has 0 N–H and O–H groups in total. The molecule has 0 radical (unpaired) electrons. The van der Waals surface area contributed by atoms with Gasteiger partial charge in [-0.2, -0.15) is 0 Å². The summed E-state index contributed by atoms with van der Waals surface area (Å²) in [6.07, 6.45) is 11.4. The number of aldehydes is 1. The minimum atomic E-state index is 0.415. The molecule has 0 spiro atoms. The van der Waals surface area contributed by atoms with Gasteiger partial charge >= 0.3 is 0 Å². The zero-order valence-electron chi connectivity index (χ0n) is 16.4. The molecule has 0 saturated heterocycles. The summed E-state index contributed by atoms with van der Waals surface area (Å²) in [5.74, 6) is 1.45. The van der Waals surface area contributed by atoms with E-state index in [2.05, 4.69) is 34.3 Å². The first kappa shape index (κ1) is 20.2. The third-order valence-electron chi connectivity index (χ3n) is 6.50. The lowest BCUT2D eigenvalue weighted by Crippen LogP contribution is -2.49. The third kappa shape index (κ3) is 4.37. The summed E-state index contributed by atoms with van der Waals surface area (Å²) in [7, 11) is 0. The molecule has 132 valence electrons. The Labute approximate surface area is 144 Å². The molecule has 0 amide bonds. The largest absolute Gasteiger partial charge is 0.299 e. The SMILES string of the molecule is C=C1CCC2C(C)(C)CCCC2(C)C1CC/C(C)=C\C=O.CC. The molecule has 0 heterocycles. The van der Waals surface area contributed by atoms with Crippen molar-refractivity contribution in [3.8, 4) is 0 Å². The molecular weight excluding hydrogens is 280 g/mol. The minimum absolute atomic E-state index is 0.415. The highest BCUT2D eigenvalue weighted by Crippen LogP contribution is 2.61. The van der Waals surface area contributed by atoms with Crippen molar-refractivity contribution in [2.24, 2.45) is 22.7 Å². The van der Waals surface area contributed by atoms with E-state index in [0.29, 0.717) is 16.7 Å². The van der Waals surface area contributed by atoms with Gasteiger partial charge in [0.1, 0.15) is 6.29 Å². The summed E-state index contributed by atoms with van der Waals surface area (Å²) in [6.45, 7) is 17.9. The van der Waals surface area contributed by atoms with Crippen LogP contribution in [0.3, 0.4) is 0 Å². The second kappa shape index (κ2) is 8.31. The van der Waals surface area contributed by atoms with E-state index in [4.69, 9.17) is 0 Å². The Balaban J connectivity index is 0.00000127.